The summed E-state index contributed by atoms with van der Waals surface area (Å²) in [6, 6.07) is 12.9. The summed E-state index contributed by atoms with van der Waals surface area (Å²) in [6.07, 6.45) is 0. The number of rotatable bonds is 7. The van der Waals surface area contributed by atoms with Gasteiger partial charge in [0.25, 0.3) is 5.91 Å². The van der Waals surface area contributed by atoms with E-state index in [1.54, 1.807) is 11.0 Å². The zero-order valence-electron chi connectivity index (χ0n) is 14.2. The molecule has 0 saturated heterocycles. The Morgan fingerprint density at radius 3 is 2.21 bits per heavy atom. The highest BCUT2D eigenvalue weighted by atomic mass is 19.1. The van der Waals surface area contributed by atoms with Crippen molar-refractivity contribution in [3.05, 3.63) is 59.9 Å². The smallest absolute Gasteiger partial charge is 0.258 e. The molecule has 5 heteroatoms. The van der Waals surface area contributed by atoms with Crippen molar-refractivity contribution in [2.75, 3.05) is 36.8 Å². The highest BCUT2D eigenvalue weighted by Crippen LogP contribution is 2.24. The van der Waals surface area contributed by atoms with E-state index in [4.69, 9.17) is 5.73 Å². The maximum absolute atomic E-state index is 13.1. The maximum atomic E-state index is 13.1. The van der Waals surface area contributed by atoms with Crippen molar-refractivity contribution in [3.8, 4) is 0 Å². The Balaban J connectivity index is 2.29. The number of nitrogens with zero attached hydrogens (tertiary/aromatic N) is 2. The van der Waals surface area contributed by atoms with Crippen molar-refractivity contribution in [2.45, 2.75) is 13.8 Å². The molecule has 0 radical (unpaired) electrons. The maximum Gasteiger partial charge on any atom is 0.258 e. The number of benzene rings is 2. The molecule has 2 rings (SSSR count). The van der Waals surface area contributed by atoms with E-state index >= 15 is 0 Å². The van der Waals surface area contributed by atoms with Crippen LogP contribution >= 0.6 is 0 Å². The van der Waals surface area contributed by atoms with Gasteiger partial charge in [-0.05, 0) is 49.5 Å². The molecule has 0 aliphatic heterocycles. The van der Waals surface area contributed by atoms with E-state index in [0.29, 0.717) is 23.5 Å². The minimum absolute atomic E-state index is 0.181. The standard InChI is InChI=1S/C19H24FN3O/c1-3-22(4-2)13-14-23(18-8-6-5-7-17(18)21)19(24)15-9-11-16(20)12-10-15/h5-12H,3-4,13-14,21H2,1-2H3. The van der Waals surface area contributed by atoms with E-state index in [-0.39, 0.29) is 11.7 Å². The predicted molar refractivity (Wildman–Crippen MR) is 96.7 cm³/mol. The first kappa shape index (κ1) is 17.9. The molecule has 0 aliphatic rings. The van der Waals surface area contributed by atoms with E-state index in [0.717, 1.165) is 19.6 Å². The van der Waals surface area contributed by atoms with Gasteiger partial charge < -0.3 is 15.5 Å². The molecule has 128 valence electrons. The molecule has 0 fully saturated rings. The first-order valence-electron chi connectivity index (χ1n) is 8.21. The van der Waals surface area contributed by atoms with Crippen LogP contribution < -0.4 is 10.6 Å². The van der Waals surface area contributed by atoms with Crippen molar-refractivity contribution in [3.63, 3.8) is 0 Å². The highest BCUT2D eigenvalue weighted by Gasteiger charge is 2.20. The topological polar surface area (TPSA) is 49.6 Å². The Morgan fingerprint density at radius 2 is 1.62 bits per heavy atom. The summed E-state index contributed by atoms with van der Waals surface area (Å²) in [5.41, 5.74) is 7.74. The summed E-state index contributed by atoms with van der Waals surface area (Å²) in [7, 11) is 0. The zero-order valence-corrected chi connectivity index (χ0v) is 14.2. The third-order valence-corrected chi connectivity index (χ3v) is 4.10. The number of para-hydroxylation sites is 2. The van der Waals surface area contributed by atoms with Gasteiger partial charge in [-0.1, -0.05) is 26.0 Å². The average Bonchev–Trinajstić information content (AvgIpc) is 2.60. The summed E-state index contributed by atoms with van der Waals surface area (Å²) >= 11 is 0. The molecule has 0 aromatic heterocycles. The van der Waals surface area contributed by atoms with Crippen molar-refractivity contribution < 1.29 is 9.18 Å². The molecule has 2 aromatic rings. The van der Waals surface area contributed by atoms with Crippen LogP contribution in [-0.4, -0.2) is 37.0 Å². The Labute approximate surface area is 142 Å². The van der Waals surface area contributed by atoms with Crippen LogP contribution in [0.25, 0.3) is 0 Å². The normalized spacial score (nSPS) is 10.8. The number of nitrogen functional groups attached to an aromatic ring is 1. The molecular formula is C19H24FN3O. The molecule has 0 saturated carbocycles. The molecule has 1 amide bonds. The zero-order chi connectivity index (χ0) is 17.5. The van der Waals surface area contributed by atoms with Crippen LogP contribution in [0.3, 0.4) is 0 Å². The quantitative estimate of drug-likeness (QED) is 0.792. The molecule has 0 bridgehead atoms. The van der Waals surface area contributed by atoms with Gasteiger partial charge in [0.1, 0.15) is 5.82 Å². The molecule has 0 aliphatic carbocycles. The number of nitrogens with two attached hydrogens (primary N) is 1. The number of likely N-dealkylation sites (N-methyl/N-ethyl adjacent to an activating group) is 1. The molecule has 0 spiro atoms. The Morgan fingerprint density at radius 1 is 1.00 bits per heavy atom. The molecular weight excluding hydrogens is 305 g/mol. The van der Waals surface area contributed by atoms with Gasteiger partial charge in [0.15, 0.2) is 0 Å². The van der Waals surface area contributed by atoms with Gasteiger partial charge in [-0.15, -0.1) is 0 Å². The second-order valence-corrected chi connectivity index (χ2v) is 5.55. The summed E-state index contributed by atoms with van der Waals surface area (Å²) in [4.78, 5) is 16.8. The first-order valence-corrected chi connectivity index (χ1v) is 8.21. The van der Waals surface area contributed by atoms with Gasteiger partial charge in [-0.2, -0.15) is 0 Å². The van der Waals surface area contributed by atoms with Gasteiger partial charge in [-0.3, -0.25) is 4.79 Å². The Kier molecular flexibility index (Phi) is 6.32. The molecule has 4 nitrogen and oxygen atoms in total. The molecule has 2 N–H and O–H groups in total. The number of amides is 1. The highest BCUT2D eigenvalue weighted by molar-refractivity contribution is 6.07. The minimum Gasteiger partial charge on any atom is -0.397 e. The van der Waals surface area contributed by atoms with Crippen LogP contribution in [0.2, 0.25) is 0 Å². The monoisotopic (exact) mass is 329 g/mol. The molecule has 2 aromatic carbocycles. The van der Waals surface area contributed by atoms with E-state index < -0.39 is 0 Å². The number of anilines is 2. The van der Waals surface area contributed by atoms with Crippen molar-refractivity contribution in [2.24, 2.45) is 0 Å². The van der Waals surface area contributed by atoms with Crippen molar-refractivity contribution >= 4 is 17.3 Å². The van der Waals surface area contributed by atoms with Crippen LogP contribution in [0.4, 0.5) is 15.8 Å². The Bertz CT molecular complexity index is 669. The van der Waals surface area contributed by atoms with Gasteiger partial charge in [0.2, 0.25) is 0 Å². The van der Waals surface area contributed by atoms with Gasteiger partial charge in [-0.25, -0.2) is 4.39 Å². The van der Waals surface area contributed by atoms with Crippen molar-refractivity contribution in [1.29, 1.82) is 0 Å². The second kappa shape index (κ2) is 8.45. The molecule has 0 heterocycles. The second-order valence-electron chi connectivity index (χ2n) is 5.55. The predicted octanol–water partition coefficient (Wildman–Crippen LogP) is 3.40. The van der Waals surface area contributed by atoms with Gasteiger partial charge >= 0.3 is 0 Å². The lowest BCUT2D eigenvalue weighted by Gasteiger charge is -2.27. The first-order chi connectivity index (χ1) is 11.6. The summed E-state index contributed by atoms with van der Waals surface area (Å²) in [5.74, 6) is -0.541. The van der Waals surface area contributed by atoms with Gasteiger partial charge in [0.05, 0.1) is 11.4 Å². The summed E-state index contributed by atoms with van der Waals surface area (Å²) in [6.45, 7) is 7.28. The lowest BCUT2D eigenvalue weighted by atomic mass is 10.1. The largest absolute Gasteiger partial charge is 0.397 e. The summed E-state index contributed by atoms with van der Waals surface area (Å²) in [5, 5.41) is 0. The molecule has 0 unspecified atom stereocenters. The summed E-state index contributed by atoms with van der Waals surface area (Å²) < 4.78 is 13.1. The van der Waals surface area contributed by atoms with Crippen LogP contribution in [0.15, 0.2) is 48.5 Å². The van der Waals surface area contributed by atoms with E-state index in [1.807, 2.05) is 18.2 Å². The number of carbonyl (C=O) groups is 1. The lowest BCUT2D eigenvalue weighted by Crippen LogP contribution is -2.39. The fourth-order valence-electron chi connectivity index (χ4n) is 2.59. The number of halogens is 1. The third kappa shape index (κ3) is 4.32. The van der Waals surface area contributed by atoms with E-state index in [2.05, 4.69) is 18.7 Å². The van der Waals surface area contributed by atoms with Crippen LogP contribution in [-0.2, 0) is 0 Å². The van der Waals surface area contributed by atoms with Crippen LogP contribution in [0, 0.1) is 5.82 Å². The Hall–Kier alpha value is -2.40. The van der Waals surface area contributed by atoms with Gasteiger partial charge in [0, 0.05) is 18.7 Å². The SMILES string of the molecule is CCN(CC)CCN(C(=O)c1ccc(F)cc1)c1ccccc1N. The average molecular weight is 329 g/mol. The third-order valence-electron chi connectivity index (χ3n) is 4.10. The number of hydrogen-bond acceptors (Lipinski definition) is 3. The lowest BCUT2D eigenvalue weighted by molar-refractivity contribution is 0.0984. The van der Waals surface area contributed by atoms with Crippen LogP contribution in [0.5, 0.6) is 0 Å². The molecule has 0 atom stereocenters. The molecule has 24 heavy (non-hydrogen) atoms. The van der Waals surface area contributed by atoms with Crippen molar-refractivity contribution in [1.82, 2.24) is 4.90 Å². The number of hydrogen-bond donors (Lipinski definition) is 1. The number of carbonyl (C=O) groups excluding carboxylic acids is 1. The van der Waals surface area contributed by atoms with E-state index in [1.165, 1.54) is 24.3 Å². The van der Waals surface area contributed by atoms with Crippen LogP contribution in [0.1, 0.15) is 24.2 Å². The van der Waals surface area contributed by atoms with E-state index in [9.17, 15) is 9.18 Å². The fraction of sp³-hybridized carbons (Fsp3) is 0.316. The fourth-order valence-corrected chi connectivity index (χ4v) is 2.59. The minimum atomic E-state index is -0.361.